The average Bonchev–Trinajstić information content (AvgIpc) is 2.30. The molecule has 0 N–H and O–H groups in total. The van der Waals surface area contributed by atoms with Gasteiger partial charge in [0.2, 0.25) is 11.6 Å². The predicted molar refractivity (Wildman–Crippen MR) is 48.2 cm³/mol. The molecule has 9 heteroatoms. The van der Waals surface area contributed by atoms with Crippen LogP contribution >= 0.6 is 0 Å². The normalized spacial score (nSPS) is 12.4. The van der Waals surface area contributed by atoms with Crippen LogP contribution in [0, 0.1) is 11.6 Å². The van der Waals surface area contributed by atoms with Gasteiger partial charge >= 0.3 is 12.1 Å². The molecule has 0 saturated heterocycles. The molecule has 1 rings (SSSR count). The zero-order valence-electron chi connectivity index (χ0n) is 9.12. The van der Waals surface area contributed by atoms with E-state index in [2.05, 4.69) is 4.74 Å². The first-order valence-electron chi connectivity index (χ1n) is 4.55. The van der Waals surface area contributed by atoms with Gasteiger partial charge in [0.1, 0.15) is 0 Å². The Balaban J connectivity index is 3.33. The predicted octanol–water partition coefficient (Wildman–Crippen LogP) is 3.35. The van der Waals surface area contributed by atoms with Gasteiger partial charge in [-0.1, -0.05) is 0 Å². The maximum atomic E-state index is 13.2. The van der Waals surface area contributed by atoms with Crippen molar-refractivity contribution in [2.75, 3.05) is 7.11 Å². The van der Waals surface area contributed by atoms with Crippen molar-refractivity contribution in [3.63, 3.8) is 0 Å². The number of alkyl halides is 5. The summed E-state index contributed by atoms with van der Waals surface area (Å²) in [5.41, 5.74) is -1.71. The molecule has 1 aromatic carbocycles. The molecule has 0 bridgehead atoms. The van der Waals surface area contributed by atoms with Crippen molar-refractivity contribution in [1.29, 1.82) is 0 Å². The second-order valence-corrected chi connectivity index (χ2v) is 3.34. The molecule has 0 heterocycles. The third-order valence-corrected chi connectivity index (χ3v) is 2.15. The molecule has 0 spiro atoms. The average molecular weight is 290 g/mol. The van der Waals surface area contributed by atoms with Crippen LogP contribution in [0.1, 0.15) is 10.4 Å². The lowest BCUT2D eigenvalue weighted by atomic mass is 10.0. The summed E-state index contributed by atoms with van der Waals surface area (Å²) < 4.78 is 91.9. The molecule has 2 nitrogen and oxygen atoms in total. The topological polar surface area (TPSA) is 26.3 Å². The number of hydrogen-bond acceptors (Lipinski definition) is 2. The highest BCUT2D eigenvalue weighted by Crippen LogP contribution is 2.39. The molecule has 0 aromatic heterocycles. The molecule has 0 aliphatic carbocycles. The van der Waals surface area contributed by atoms with E-state index >= 15 is 0 Å². The molecular weight excluding hydrogens is 285 g/mol. The van der Waals surface area contributed by atoms with Crippen LogP contribution in [-0.2, 0) is 0 Å². The molecule has 0 aliphatic heterocycles. The number of halogens is 7. The standard InChI is InChI=1S/C10H5F7O2/c1-19-5-3-2-4(6(11)7(5)12)8(18)9(13,14)10(15,16)17/h2-3H,1H3. The van der Waals surface area contributed by atoms with E-state index in [1.165, 1.54) is 0 Å². The quantitative estimate of drug-likeness (QED) is 0.630. The van der Waals surface area contributed by atoms with Gasteiger partial charge in [-0.25, -0.2) is 4.39 Å². The molecule has 0 saturated carbocycles. The number of ether oxygens (including phenoxy) is 1. The van der Waals surface area contributed by atoms with Gasteiger partial charge in [-0.3, -0.25) is 4.79 Å². The summed E-state index contributed by atoms with van der Waals surface area (Å²) >= 11 is 0. The Kier molecular flexibility index (Phi) is 3.78. The highest BCUT2D eigenvalue weighted by molar-refractivity contribution is 6.02. The van der Waals surface area contributed by atoms with Crippen molar-refractivity contribution in [2.45, 2.75) is 12.1 Å². The van der Waals surface area contributed by atoms with Crippen molar-refractivity contribution in [2.24, 2.45) is 0 Å². The van der Waals surface area contributed by atoms with E-state index < -0.39 is 40.8 Å². The van der Waals surface area contributed by atoms with Crippen LogP contribution in [0.2, 0.25) is 0 Å². The summed E-state index contributed by atoms with van der Waals surface area (Å²) in [5.74, 6) is -13.4. The van der Waals surface area contributed by atoms with Crippen LogP contribution in [0.15, 0.2) is 12.1 Å². The summed E-state index contributed by atoms with van der Waals surface area (Å²) in [4.78, 5) is 11.0. The van der Waals surface area contributed by atoms with Crippen LogP contribution in [0.3, 0.4) is 0 Å². The third kappa shape index (κ3) is 2.49. The SMILES string of the molecule is COc1ccc(C(=O)C(F)(F)C(F)(F)F)c(F)c1F. The monoisotopic (exact) mass is 290 g/mol. The van der Waals surface area contributed by atoms with E-state index in [1.54, 1.807) is 0 Å². The molecular formula is C10H5F7O2. The Morgan fingerprint density at radius 2 is 1.58 bits per heavy atom. The van der Waals surface area contributed by atoms with E-state index in [-0.39, 0.29) is 0 Å². The minimum Gasteiger partial charge on any atom is -0.494 e. The fourth-order valence-electron chi connectivity index (χ4n) is 1.16. The number of benzene rings is 1. The molecule has 19 heavy (non-hydrogen) atoms. The van der Waals surface area contributed by atoms with Gasteiger partial charge in [-0.2, -0.15) is 26.3 Å². The van der Waals surface area contributed by atoms with E-state index in [0.717, 1.165) is 7.11 Å². The third-order valence-electron chi connectivity index (χ3n) is 2.15. The van der Waals surface area contributed by atoms with Crippen LogP contribution in [-0.4, -0.2) is 25.0 Å². The summed E-state index contributed by atoms with van der Waals surface area (Å²) in [5, 5.41) is 0. The van der Waals surface area contributed by atoms with Crippen LogP contribution in [0.4, 0.5) is 30.7 Å². The molecule has 0 radical (unpaired) electrons. The number of methoxy groups -OCH3 is 1. The minimum absolute atomic E-state index is 0.291. The molecule has 0 unspecified atom stereocenters. The van der Waals surface area contributed by atoms with Crippen molar-refractivity contribution in [1.82, 2.24) is 0 Å². The molecule has 0 atom stereocenters. The summed E-state index contributed by atoms with van der Waals surface area (Å²) in [6.45, 7) is 0. The van der Waals surface area contributed by atoms with Crippen LogP contribution < -0.4 is 4.74 Å². The zero-order valence-corrected chi connectivity index (χ0v) is 9.12. The minimum atomic E-state index is -6.20. The van der Waals surface area contributed by atoms with E-state index in [1.807, 2.05) is 0 Å². The van der Waals surface area contributed by atoms with Crippen molar-refractivity contribution >= 4 is 5.78 Å². The fourth-order valence-corrected chi connectivity index (χ4v) is 1.16. The molecule has 106 valence electrons. The van der Waals surface area contributed by atoms with Gasteiger partial charge in [-0.05, 0) is 12.1 Å². The first-order chi connectivity index (χ1) is 8.54. The fraction of sp³-hybridized carbons (Fsp3) is 0.300. The molecule has 0 amide bonds. The van der Waals surface area contributed by atoms with Gasteiger partial charge < -0.3 is 4.74 Å². The van der Waals surface area contributed by atoms with Crippen molar-refractivity contribution < 1.29 is 40.3 Å². The first-order valence-corrected chi connectivity index (χ1v) is 4.55. The van der Waals surface area contributed by atoms with Gasteiger partial charge in [0.15, 0.2) is 11.6 Å². The largest absolute Gasteiger partial charge is 0.494 e. The second-order valence-electron chi connectivity index (χ2n) is 3.34. The Morgan fingerprint density at radius 1 is 1.05 bits per heavy atom. The number of hydrogen-bond donors (Lipinski definition) is 0. The Bertz CT molecular complexity index is 507. The Labute approximate surface area is 101 Å². The Morgan fingerprint density at radius 3 is 2.00 bits per heavy atom. The summed E-state index contributed by atoms with van der Waals surface area (Å²) in [7, 11) is 0.920. The van der Waals surface area contributed by atoms with Crippen LogP contribution in [0.5, 0.6) is 5.75 Å². The smallest absolute Gasteiger partial charge is 0.461 e. The maximum Gasteiger partial charge on any atom is 0.461 e. The first kappa shape index (κ1) is 15.3. The molecule has 1 aromatic rings. The lowest BCUT2D eigenvalue weighted by Gasteiger charge is -2.18. The number of rotatable bonds is 3. The molecule has 0 aliphatic rings. The Hall–Kier alpha value is -1.80. The van der Waals surface area contributed by atoms with Gasteiger partial charge in [0.05, 0.1) is 12.7 Å². The lowest BCUT2D eigenvalue weighted by Crippen LogP contribution is -2.44. The number of carbonyl (C=O) groups excluding carboxylic acids is 1. The second kappa shape index (κ2) is 4.71. The van der Waals surface area contributed by atoms with E-state index in [4.69, 9.17) is 0 Å². The number of ketones is 1. The summed E-state index contributed by atoms with van der Waals surface area (Å²) in [6.07, 6.45) is -6.20. The van der Waals surface area contributed by atoms with Gasteiger partial charge in [-0.15, -0.1) is 0 Å². The lowest BCUT2D eigenvalue weighted by molar-refractivity contribution is -0.255. The zero-order chi connectivity index (χ0) is 15.0. The number of Topliss-reactive ketones (excluding diaryl/α,β-unsaturated/α-hetero) is 1. The van der Waals surface area contributed by atoms with E-state index in [0.29, 0.717) is 12.1 Å². The number of carbonyl (C=O) groups is 1. The highest BCUT2D eigenvalue weighted by atomic mass is 19.4. The van der Waals surface area contributed by atoms with E-state index in [9.17, 15) is 35.5 Å². The van der Waals surface area contributed by atoms with Gasteiger partial charge in [0.25, 0.3) is 0 Å². The highest BCUT2D eigenvalue weighted by Gasteiger charge is 2.63. The van der Waals surface area contributed by atoms with Crippen LogP contribution in [0.25, 0.3) is 0 Å². The maximum absolute atomic E-state index is 13.2. The van der Waals surface area contributed by atoms with Gasteiger partial charge in [0, 0.05) is 0 Å². The van der Waals surface area contributed by atoms with Crippen molar-refractivity contribution in [3.8, 4) is 5.75 Å². The summed E-state index contributed by atoms with van der Waals surface area (Å²) in [6, 6.07) is 0.858. The molecule has 0 fully saturated rings. The van der Waals surface area contributed by atoms with Crippen molar-refractivity contribution in [3.05, 3.63) is 29.3 Å².